The lowest BCUT2D eigenvalue weighted by Gasteiger charge is -2.00. The first-order valence-electron chi connectivity index (χ1n) is 4.63. The third-order valence-corrected chi connectivity index (χ3v) is 2.09. The van der Waals surface area contributed by atoms with Crippen molar-refractivity contribution in [2.24, 2.45) is 0 Å². The summed E-state index contributed by atoms with van der Waals surface area (Å²) in [6.07, 6.45) is 6.73. The SMILES string of the molecule is [N]CCCCn1cnc2cncnc21. The van der Waals surface area contributed by atoms with Gasteiger partial charge in [0.1, 0.15) is 11.8 Å². The van der Waals surface area contributed by atoms with Gasteiger partial charge in [0, 0.05) is 13.1 Å². The van der Waals surface area contributed by atoms with Crippen LogP contribution in [0, 0.1) is 0 Å². The fraction of sp³-hybridized carbons (Fsp3) is 0.444. The lowest BCUT2D eigenvalue weighted by atomic mass is 10.3. The van der Waals surface area contributed by atoms with Gasteiger partial charge in [-0.25, -0.2) is 15.0 Å². The van der Waals surface area contributed by atoms with Crippen LogP contribution in [0.15, 0.2) is 18.9 Å². The van der Waals surface area contributed by atoms with Crippen LogP contribution in [0.2, 0.25) is 0 Å². The molecule has 0 atom stereocenters. The molecule has 0 aromatic carbocycles. The van der Waals surface area contributed by atoms with Gasteiger partial charge < -0.3 is 4.57 Å². The van der Waals surface area contributed by atoms with E-state index in [0.717, 1.165) is 30.6 Å². The molecule has 2 aromatic rings. The molecule has 0 saturated carbocycles. The third kappa shape index (κ3) is 1.72. The van der Waals surface area contributed by atoms with Crippen LogP contribution in [0.1, 0.15) is 12.8 Å². The molecule has 0 aliphatic carbocycles. The van der Waals surface area contributed by atoms with E-state index in [0.29, 0.717) is 0 Å². The zero-order valence-corrected chi connectivity index (χ0v) is 7.80. The number of imidazole rings is 1. The molecule has 0 aliphatic heterocycles. The van der Waals surface area contributed by atoms with Gasteiger partial charge in [0.15, 0.2) is 5.65 Å². The molecule has 2 radical (unpaired) electrons. The van der Waals surface area contributed by atoms with Crippen molar-refractivity contribution in [1.82, 2.24) is 25.3 Å². The molecule has 0 amide bonds. The Morgan fingerprint density at radius 3 is 3.07 bits per heavy atom. The van der Waals surface area contributed by atoms with Gasteiger partial charge in [0.25, 0.3) is 0 Å². The number of hydrogen-bond acceptors (Lipinski definition) is 3. The van der Waals surface area contributed by atoms with Gasteiger partial charge in [-0.2, -0.15) is 0 Å². The van der Waals surface area contributed by atoms with E-state index in [1.54, 1.807) is 12.5 Å². The number of fused-ring (bicyclic) bond motifs is 1. The molecule has 0 unspecified atom stereocenters. The first-order valence-corrected chi connectivity index (χ1v) is 4.63. The Bertz CT molecular complexity index is 408. The van der Waals surface area contributed by atoms with Crippen molar-refractivity contribution < 1.29 is 0 Å². The molecule has 2 heterocycles. The highest BCUT2D eigenvalue weighted by Crippen LogP contribution is 2.08. The quantitative estimate of drug-likeness (QED) is 0.664. The number of aromatic nitrogens is 4. The highest BCUT2D eigenvalue weighted by Gasteiger charge is 2.01. The summed E-state index contributed by atoms with van der Waals surface area (Å²) in [5.41, 5.74) is 10.3. The van der Waals surface area contributed by atoms with E-state index < -0.39 is 0 Å². The van der Waals surface area contributed by atoms with Gasteiger partial charge >= 0.3 is 0 Å². The van der Waals surface area contributed by atoms with Crippen molar-refractivity contribution >= 4 is 11.2 Å². The normalized spacial score (nSPS) is 10.9. The fourth-order valence-corrected chi connectivity index (χ4v) is 1.37. The van der Waals surface area contributed by atoms with E-state index in [4.69, 9.17) is 5.73 Å². The number of unbranched alkanes of at least 4 members (excludes halogenated alkanes) is 1. The van der Waals surface area contributed by atoms with Gasteiger partial charge in [-0.3, -0.25) is 0 Å². The van der Waals surface area contributed by atoms with Crippen molar-refractivity contribution in [1.29, 1.82) is 0 Å². The summed E-state index contributed by atoms with van der Waals surface area (Å²) in [5, 5.41) is 0. The van der Waals surface area contributed by atoms with Crippen LogP contribution in [-0.2, 0) is 6.54 Å². The Kier molecular flexibility index (Phi) is 2.69. The zero-order chi connectivity index (χ0) is 9.80. The molecule has 72 valence electrons. The monoisotopic (exact) mass is 189 g/mol. The van der Waals surface area contributed by atoms with Gasteiger partial charge in [-0.15, -0.1) is 5.73 Å². The van der Waals surface area contributed by atoms with Crippen molar-refractivity contribution in [2.75, 3.05) is 6.54 Å². The fourth-order valence-electron chi connectivity index (χ4n) is 1.37. The molecule has 2 aromatic heterocycles. The molecule has 0 saturated heterocycles. The third-order valence-electron chi connectivity index (χ3n) is 2.09. The topological polar surface area (TPSA) is 65.9 Å². The lowest BCUT2D eigenvalue weighted by Crippen LogP contribution is -1.99. The highest BCUT2D eigenvalue weighted by molar-refractivity contribution is 5.68. The van der Waals surface area contributed by atoms with E-state index in [1.165, 1.54) is 6.33 Å². The average Bonchev–Trinajstić information content (AvgIpc) is 2.63. The Morgan fingerprint density at radius 2 is 2.21 bits per heavy atom. The van der Waals surface area contributed by atoms with Crippen LogP contribution >= 0.6 is 0 Å². The van der Waals surface area contributed by atoms with E-state index in [2.05, 4.69) is 15.0 Å². The number of hydrogen-bond donors (Lipinski definition) is 0. The van der Waals surface area contributed by atoms with Crippen LogP contribution < -0.4 is 5.73 Å². The summed E-state index contributed by atoms with van der Waals surface area (Å²) in [4.78, 5) is 12.2. The highest BCUT2D eigenvalue weighted by atomic mass is 15.1. The predicted molar refractivity (Wildman–Crippen MR) is 51.6 cm³/mol. The van der Waals surface area contributed by atoms with Crippen molar-refractivity contribution in [2.45, 2.75) is 19.4 Å². The van der Waals surface area contributed by atoms with Crippen LogP contribution in [0.4, 0.5) is 0 Å². The molecule has 5 nitrogen and oxygen atoms in total. The van der Waals surface area contributed by atoms with Crippen molar-refractivity contribution in [3.8, 4) is 0 Å². The summed E-state index contributed by atoms with van der Waals surface area (Å²) < 4.78 is 1.98. The van der Waals surface area contributed by atoms with E-state index in [1.807, 2.05) is 4.57 Å². The van der Waals surface area contributed by atoms with Gasteiger partial charge in [-0.1, -0.05) is 0 Å². The smallest absolute Gasteiger partial charge is 0.163 e. The molecule has 5 heteroatoms. The average molecular weight is 189 g/mol. The Hall–Kier alpha value is -1.49. The summed E-state index contributed by atoms with van der Waals surface area (Å²) in [7, 11) is 0. The van der Waals surface area contributed by atoms with Gasteiger partial charge in [0.05, 0.1) is 12.5 Å². The van der Waals surface area contributed by atoms with Gasteiger partial charge in [-0.05, 0) is 12.8 Å². The molecule has 0 aliphatic rings. The maximum absolute atomic E-state index is 8.66. The molecule has 0 N–H and O–H groups in total. The predicted octanol–water partition coefficient (Wildman–Crippen LogP) is 0.675. The Morgan fingerprint density at radius 1 is 1.29 bits per heavy atom. The minimum atomic E-state index is 0.238. The van der Waals surface area contributed by atoms with Crippen molar-refractivity contribution in [3.05, 3.63) is 18.9 Å². The van der Waals surface area contributed by atoms with Gasteiger partial charge in [0.2, 0.25) is 0 Å². The minimum absolute atomic E-state index is 0.238. The second-order valence-corrected chi connectivity index (χ2v) is 3.10. The second kappa shape index (κ2) is 4.15. The lowest BCUT2D eigenvalue weighted by molar-refractivity contribution is 0.620. The number of nitrogens with zero attached hydrogens (tertiary/aromatic N) is 5. The molecule has 2 rings (SSSR count). The summed E-state index contributed by atoms with van der Waals surface area (Å²) in [6, 6.07) is 0. The van der Waals surface area contributed by atoms with Crippen LogP contribution in [0.5, 0.6) is 0 Å². The number of rotatable bonds is 4. The largest absolute Gasteiger partial charge is 0.315 e. The zero-order valence-electron chi connectivity index (χ0n) is 7.80. The van der Waals surface area contributed by atoms with Crippen LogP contribution in [-0.4, -0.2) is 26.1 Å². The second-order valence-electron chi connectivity index (χ2n) is 3.10. The minimum Gasteiger partial charge on any atom is -0.315 e. The first-order chi connectivity index (χ1) is 6.92. The molecule has 0 spiro atoms. The van der Waals surface area contributed by atoms with E-state index in [-0.39, 0.29) is 6.54 Å². The molecule has 14 heavy (non-hydrogen) atoms. The maximum atomic E-state index is 8.66. The van der Waals surface area contributed by atoms with Crippen molar-refractivity contribution in [3.63, 3.8) is 0 Å². The summed E-state index contributed by atoms with van der Waals surface area (Å²) in [6.45, 7) is 1.08. The summed E-state index contributed by atoms with van der Waals surface area (Å²) in [5.74, 6) is 0. The molecule has 0 fully saturated rings. The Balaban J connectivity index is 2.17. The van der Waals surface area contributed by atoms with E-state index >= 15 is 0 Å². The Labute approximate surface area is 82.0 Å². The molecular weight excluding hydrogens is 178 g/mol. The van der Waals surface area contributed by atoms with Crippen LogP contribution in [0.25, 0.3) is 11.2 Å². The summed E-state index contributed by atoms with van der Waals surface area (Å²) >= 11 is 0. The first kappa shape index (κ1) is 9.08. The van der Waals surface area contributed by atoms with E-state index in [9.17, 15) is 0 Å². The molecule has 0 bridgehead atoms. The standard InChI is InChI=1S/C9H11N5/c10-3-1-2-4-14-7-13-8-5-11-6-12-9(8)14/h5-7H,1-4H2. The van der Waals surface area contributed by atoms with Crippen LogP contribution in [0.3, 0.4) is 0 Å². The molecular formula is C9H11N5. The maximum Gasteiger partial charge on any atom is 0.163 e. The number of aryl methyl sites for hydroxylation is 1.